The standard InChI is InChI=1S/C14H18O4/c1-4-10-9-11(17-2)5-6-12(10)13(15)7-8-14(16)18-3/h5-6,9H,4,7-8H2,1-3H3. The molecular weight excluding hydrogens is 232 g/mol. The largest absolute Gasteiger partial charge is 0.497 e. The Hall–Kier alpha value is -1.84. The number of hydrogen-bond donors (Lipinski definition) is 0. The van der Waals surface area contributed by atoms with E-state index in [0.717, 1.165) is 17.7 Å². The van der Waals surface area contributed by atoms with Crippen LogP contribution in [-0.2, 0) is 16.0 Å². The molecule has 1 aromatic carbocycles. The van der Waals surface area contributed by atoms with Crippen LogP contribution in [0.4, 0.5) is 0 Å². The summed E-state index contributed by atoms with van der Waals surface area (Å²) in [6.45, 7) is 1.98. The van der Waals surface area contributed by atoms with Gasteiger partial charge < -0.3 is 9.47 Å². The molecule has 1 rings (SSSR count). The van der Waals surface area contributed by atoms with E-state index in [9.17, 15) is 9.59 Å². The number of carbonyl (C=O) groups excluding carboxylic acids is 2. The van der Waals surface area contributed by atoms with Crippen molar-refractivity contribution in [1.82, 2.24) is 0 Å². The van der Waals surface area contributed by atoms with Crippen LogP contribution < -0.4 is 4.74 Å². The predicted molar refractivity (Wildman–Crippen MR) is 68.0 cm³/mol. The van der Waals surface area contributed by atoms with Crippen LogP contribution in [-0.4, -0.2) is 26.0 Å². The van der Waals surface area contributed by atoms with Gasteiger partial charge in [0.25, 0.3) is 0 Å². The number of Topliss-reactive ketones (excluding diaryl/α,β-unsaturated/α-hetero) is 1. The van der Waals surface area contributed by atoms with Crippen molar-refractivity contribution >= 4 is 11.8 Å². The zero-order chi connectivity index (χ0) is 13.5. The van der Waals surface area contributed by atoms with Crippen LogP contribution in [0.5, 0.6) is 5.75 Å². The fourth-order valence-electron chi connectivity index (χ4n) is 1.71. The topological polar surface area (TPSA) is 52.6 Å². The fraction of sp³-hybridized carbons (Fsp3) is 0.429. The molecule has 0 fully saturated rings. The Morgan fingerprint density at radius 1 is 1.17 bits per heavy atom. The van der Waals surface area contributed by atoms with Gasteiger partial charge in [-0.1, -0.05) is 6.92 Å². The van der Waals surface area contributed by atoms with Gasteiger partial charge in [0.05, 0.1) is 20.6 Å². The molecular formula is C14H18O4. The van der Waals surface area contributed by atoms with Gasteiger partial charge in [-0.3, -0.25) is 9.59 Å². The maximum Gasteiger partial charge on any atom is 0.305 e. The lowest BCUT2D eigenvalue weighted by Crippen LogP contribution is -2.08. The Kier molecular flexibility index (Phi) is 5.36. The molecule has 0 aliphatic rings. The first kappa shape index (κ1) is 14.2. The lowest BCUT2D eigenvalue weighted by atomic mass is 9.98. The van der Waals surface area contributed by atoms with Crippen LogP contribution in [0, 0.1) is 0 Å². The van der Waals surface area contributed by atoms with Gasteiger partial charge in [0.1, 0.15) is 5.75 Å². The lowest BCUT2D eigenvalue weighted by molar-refractivity contribution is -0.140. The van der Waals surface area contributed by atoms with Crippen LogP contribution in [0.15, 0.2) is 18.2 Å². The van der Waals surface area contributed by atoms with Crippen molar-refractivity contribution < 1.29 is 19.1 Å². The molecule has 18 heavy (non-hydrogen) atoms. The van der Waals surface area contributed by atoms with Crippen molar-refractivity contribution in [2.75, 3.05) is 14.2 Å². The average Bonchev–Trinajstić information content (AvgIpc) is 2.43. The number of benzene rings is 1. The number of ether oxygens (including phenoxy) is 2. The molecule has 0 aliphatic carbocycles. The first-order chi connectivity index (χ1) is 8.62. The van der Waals surface area contributed by atoms with E-state index in [-0.39, 0.29) is 24.6 Å². The second-order valence-corrected chi connectivity index (χ2v) is 3.88. The van der Waals surface area contributed by atoms with Crippen molar-refractivity contribution in [3.63, 3.8) is 0 Å². The molecule has 4 heteroatoms. The number of methoxy groups -OCH3 is 2. The highest BCUT2D eigenvalue weighted by Gasteiger charge is 2.13. The SMILES string of the molecule is CCc1cc(OC)ccc1C(=O)CCC(=O)OC. The van der Waals surface area contributed by atoms with Crippen molar-refractivity contribution in [3.8, 4) is 5.75 Å². The number of hydrogen-bond acceptors (Lipinski definition) is 4. The van der Waals surface area contributed by atoms with Crippen molar-refractivity contribution in [2.24, 2.45) is 0 Å². The van der Waals surface area contributed by atoms with Crippen molar-refractivity contribution in [3.05, 3.63) is 29.3 Å². The third-order valence-corrected chi connectivity index (χ3v) is 2.78. The predicted octanol–water partition coefficient (Wildman–Crippen LogP) is 2.39. The molecule has 0 aliphatic heterocycles. The molecule has 0 N–H and O–H groups in total. The van der Waals surface area contributed by atoms with Crippen LogP contribution >= 0.6 is 0 Å². The highest BCUT2D eigenvalue weighted by atomic mass is 16.5. The minimum Gasteiger partial charge on any atom is -0.497 e. The van der Waals surface area contributed by atoms with Crippen LogP contribution in [0.25, 0.3) is 0 Å². The first-order valence-electron chi connectivity index (χ1n) is 5.89. The van der Waals surface area contributed by atoms with Crippen molar-refractivity contribution in [2.45, 2.75) is 26.2 Å². The molecule has 0 unspecified atom stereocenters. The van der Waals surface area contributed by atoms with Gasteiger partial charge in [0.2, 0.25) is 0 Å². The summed E-state index contributed by atoms with van der Waals surface area (Å²) in [5.41, 5.74) is 1.59. The monoisotopic (exact) mass is 250 g/mol. The normalized spacial score (nSPS) is 9.94. The summed E-state index contributed by atoms with van der Waals surface area (Å²) in [4.78, 5) is 23.0. The lowest BCUT2D eigenvalue weighted by Gasteiger charge is -2.09. The van der Waals surface area contributed by atoms with Gasteiger partial charge in [-0.25, -0.2) is 0 Å². The zero-order valence-corrected chi connectivity index (χ0v) is 11.0. The van der Waals surface area contributed by atoms with Crippen LogP contribution in [0.1, 0.15) is 35.7 Å². The fourth-order valence-corrected chi connectivity index (χ4v) is 1.71. The van der Waals surface area contributed by atoms with Gasteiger partial charge in [-0.15, -0.1) is 0 Å². The highest BCUT2D eigenvalue weighted by molar-refractivity contribution is 5.99. The molecule has 0 atom stereocenters. The van der Waals surface area contributed by atoms with Gasteiger partial charge in [-0.05, 0) is 30.2 Å². The number of esters is 1. The Labute approximate surface area is 107 Å². The second kappa shape index (κ2) is 6.79. The van der Waals surface area contributed by atoms with Crippen LogP contribution in [0.2, 0.25) is 0 Å². The van der Waals surface area contributed by atoms with E-state index in [1.165, 1.54) is 7.11 Å². The molecule has 4 nitrogen and oxygen atoms in total. The van der Waals surface area contributed by atoms with E-state index in [0.29, 0.717) is 5.56 Å². The molecule has 0 radical (unpaired) electrons. The summed E-state index contributed by atoms with van der Waals surface area (Å²) in [5, 5.41) is 0. The molecule has 0 heterocycles. The molecule has 98 valence electrons. The minimum absolute atomic E-state index is 0.0418. The molecule has 0 spiro atoms. The van der Waals surface area contributed by atoms with Crippen molar-refractivity contribution in [1.29, 1.82) is 0 Å². The minimum atomic E-state index is -0.366. The maximum absolute atomic E-state index is 12.0. The number of ketones is 1. The van der Waals surface area contributed by atoms with Gasteiger partial charge in [0.15, 0.2) is 5.78 Å². The molecule has 0 amide bonds. The zero-order valence-electron chi connectivity index (χ0n) is 11.0. The third kappa shape index (κ3) is 3.58. The molecule has 0 aromatic heterocycles. The van der Waals surface area contributed by atoms with E-state index in [2.05, 4.69) is 4.74 Å². The van der Waals surface area contributed by atoms with Crippen LogP contribution in [0.3, 0.4) is 0 Å². The van der Waals surface area contributed by atoms with Gasteiger partial charge in [-0.2, -0.15) is 0 Å². The number of aryl methyl sites for hydroxylation is 1. The summed E-state index contributed by atoms with van der Waals surface area (Å²) < 4.78 is 9.64. The maximum atomic E-state index is 12.0. The molecule has 0 saturated heterocycles. The quantitative estimate of drug-likeness (QED) is 0.574. The highest BCUT2D eigenvalue weighted by Crippen LogP contribution is 2.20. The number of rotatable bonds is 6. The number of carbonyl (C=O) groups is 2. The summed E-state index contributed by atoms with van der Waals surface area (Å²) in [7, 11) is 2.91. The summed E-state index contributed by atoms with van der Waals surface area (Å²) in [6, 6.07) is 5.35. The van der Waals surface area contributed by atoms with E-state index < -0.39 is 0 Å². The smallest absolute Gasteiger partial charge is 0.305 e. The Morgan fingerprint density at radius 3 is 2.44 bits per heavy atom. The van der Waals surface area contributed by atoms with E-state index in [1.54, 1.807) is 19.2 Å². The Morgan fingerprint density at radius 2 is 1.89 bits per heavy atom. The summed E-state index contributed by atoms with van der Waals surface area (Å²) >= 11 is 0. The molecule has 0 saturated carbocycles. The second-order valence-electron chi connectivity index (χ2n) is 3.88. The third-order valence-electron chi connectivity index (χ3n) is 2.78. The van der Waals surface area contributed by atoms with Gasteiger partial charge >= 0.3 is 5.97 Å². The van der Waals surface area contributed by atoms with E-state index >= 15 is 0 Å². The summed E-state index contributed by atoms with van der Waals surface area (Å²) in [5.74, 6) is 0.325. The average molecular weight is 250 g/mol. The molecule has 0 bridgehead atoms. The Balaban J connectivity index is 2.81. The van der Waals surface area contributed by atoms with E-state index in [4.69, 9.17) is 4.74 Å². The van der Waals surface area contributed by atoms with Gasteiger partial charge in [0, 0.05) is 12.0 Å². The summed E-state index contributed by atoms with van der Waals surface area (Å²) in [6.07, 6.45) is 1.03. The molecule has 1 aromatic rings. The first-order valence-corrected chi connectivity index (χ1v) is 5.89. The van der Waals surface area contributed by atoms with E-state index in [1.807, 2.05) is 13.0 Å². The Bertz CT molecular complexity index is 437.